The highest BCUT2D eigenvalue weighted by atomic mass is 19.2. The highest BCUT2D eigenvalue weighted by Gasteiger charge is 2.17. The standard InChI is InChI=1S/C21H20F2N2O2/c1-13-17(21(24)26)12-20(15-6-7-18(22)19(23)11-15)25(13)9-8-14-4-3-5-16(10-14)27-2/h3-7,10-12H,8-9H2,1-2H3,(H2,24,26). The lowest BCUT2D eigenvalue weighted by Crippen LogP contribution is -2.13. The molecule has 27 heavy (non-hydrogen) atoms. The SMILES string of the molecule is COc1cccc(CCn2c(-c3ccc(F)c(F)c3)cc(C(N)=O)c2C)c1. The first-order valence-electron chi connectivity index (χ1n) is 8.49. The number of nitrogens with two attached hydrogens (primary N) is 1. The van der Waals surface area contributed by atoms with E-state index < -0.39 is 17.5 Å². The molecule has 0 spiro atoms. The normalized spacial score (nSPS) is 10.8. The lowest BCUT2D eigenvalue weighted by atomic mass is 10.1. The Morgan fingerprint density at radius 1 is 1.11 bits per heavy atom. The Bertz CT molecular complexity index is 996. The molecular formula is C21H20F2N2O2. The summed E-state index contributed by atoms with van der Waals surface area (Å²) in [4.78, 5) is 11.8. The second-order valence-electron chi connectivity index (χ2n) is 6.27. The molecule has 2 aromatic carbocycles. The number of nitrogens with zero attached hydrogens (tertiary/aromatic N) is 1. The number of amides is 1. The largest absolute Gasteiger partial charge is 0.497 e. The summed E-state index contributed by atoms with van der Waals surface area (Å²) < 4.78 is 34.1. The number of halogens is 2. The first-order valence-corrected chi connectivity index (χ1v) is 8.49. The van der Waals surface area contributed by atoms with Gasteiger partial charge in [0, 0.05) is 23.5 Å². The van der Waals surface area contributed by atoms with Crippen LogP contribution in [-0.4, -0.2) is 17.6 Å². The van der Waals surface area contributed by atoms with Crippen molar-refractivity contribution in [1.29, 1.82) is 0 Å². The topological polar surface area (TPSA) is 57.2 Å². The van der Waals surface area contributed by atoms with Gasteiger partial charge in [0.15, 0.2) is 11.6 Å². The number of carbonyl (C=O) groups excluding carboxylic acids is 1. The molecule has 0 saturated heterocycles. The quantitative estimate of drug-likeness (QED) is 0.710. The summed E-state index contributed by atoms with van der Waals surface area (Å²) in [6.07, 6.45) is 0.668. The van der Waals surface area contributed by atoms with Gasteiger partial charge in [-0.15, -0.1) is 0 Å². The van der Waals surface area contributed by atoms with E-state index in [0.29, 0.717) is 35.5 Å². The zero-order valence-corrected chi connectivity index (χ0v) is 15.1. The van der Waals surface area contributed by atoms with Gasteiger partial charge in [0.25, 0.3) is 5.91 Å². The van der Waals surface area contributed by atoms with Crippen LogP contribution < -0.4 is 10.5 Å². The summed E-state index contributed by atoms with van der Waals surface area (Å²) in [6.45, 7) is 2.33. The van der Waals surface area contributed by atoms with E-state index in [2.05, 4.69) is 0 Å². The molecule has 1 amide bonds. The van der Waals surface area contributed by atoms with Crippen molar-refractivity contribution in [3.8, 4) is 17.0 Å². The molecule has 0 radical (unpaired) electrons. The second-order valence-corrected chi connectivity index (χ2v) is 6.27. The Morgan fingerprint density at radius 2 is 1.89 bits per heavy atom. The van der Waals surface area contributed by atoms with Crippen LogP contribution in [0.3, 0.4) is 0 Å². The molecule has 0 atom stereocenters. The number of methoxy groups -OCH3 is 1. The minimum atomic E-state index is -0.939. The summed E-state index contributed by atoms with van der Waals surface area (Å²) in [6, 6.07) is 13.0. The van der Waals surface area contributed by atoms with Crippen molar-refractivity contribution in [2.24, 2.45) is 5.73 Å². The van der Waals surface area contributed by atoms with E-state index in [9.17, 15) is 13.6 Å². The molecule has 0 aliphatic rings. The number of benzene rings is 2. The Balaban J connectivity index is 1.99. The van der Waals surface area contributed by atoms with E-state index in [1.807, 2.05) is 28.8 Å². The van der Waals surface area contributed by atoms with Gasteiger partial charge in [0.05, 0.1) is 12.7 Å². The van der Waals surface area contributed by atoms with Crippen molar-refractivity contribution in [2.45, 2.75) is 19.9 Å². The maximum Gasteiger partial charge on any atom is 0.250 e. The number of ether oxygens (including phenoxy) is 1. The molecule has 1 heterocycles. The molecule has 0 fully saturated rings. The first kappa shape index (κ1) is 18.6. The lowest BCUT2D eigenvalue weighted by Gasteiger charge is -2.13. The summed E-state index contributed by atoms with van der Waals surface area (Å²) in [5.74, 6) is -1.65. The molecule has 4 nitrogen and oxygen atoms in total. The van der Waals surface area contributed by atoms with Gasteiger partial charge in [0.2, 0.25) is 0 Å². The van der Waals surface area contributed by atoms with Crippen molar-refractivity contribution in [3.63, 3.8) is 0 Å². The minimum Gasteiger partial charge on any atom is -0.497 e. The van der Waals surface area contributed by atoms with Crippen LogP contribution in [0.2, 0.25) is 0 Å². The number of primary amides is 1. The van der Waals surface area contributed by atoms with Gasteiger partial charge in [-0.25, -0.2) is 8.78 Å². The number of carbonyl (C=O) groups is 1. The van der Waals surface area contributed by atoms with Crippen molar-refractivity contribution in [2.75, 3.05) is 7.11 Å². The monoisotopic (exact) mass is 370 g/mol. The highest BCUT2D eigenvalue weighted by molar-refractivity contribution is 5.95. The van der Waals surface area contributed by atoms with Crippen LogP contribution in [0.4, 0.5) is 8.78 Å². The fourth-order valence-electron chi connectivity index (χ4n) is 3.15. The zero-order valence-electron chi connectivity index (χ0n) is 15.1. The number of aryl methyl sites for hydroxylation is 1. The van der Waals surface area contributed by atoms with Crippen LogP contribution in [-0.2, 0) is 13.0 Å². The third-order valence-corrected chi connectivity index (χ3v) is 4.61. The van der Waals surface area contributed by atoms with Crippen LogP contribution in [0, 0.1) is 18.6 Å². The van der Waals surface area contributed by atoms with Crippen LogP contribution in [0.5, 0.6) is 5.75 Å². The maximum absolute atomic E-state index is 13.7. The number of aromatic nitrogens is 1. The maximum atomic E-state index is 13.7. The fraction of sp³-hybridized carbons (Fsp3) is 0.190. The average molecular weight is 370 g/mol. The van der Waals surface area contributed by atoms with Crippen molar-refractivity contribution in [1.82, 2.24) is 4.57 Å². The number of hydrogen-bond donors (Lipinski definition) is 1. The van der Waals surface area contributed by atoms with E-state index in [0.717, 1.165) is 23.4 Å². The van der Waals surface area contributed by atoms with Gasteiger partial charge < -0.3 is 15.0 Å². The molecule has 6 heteroatoms. The Kier molecular flexibility index (Phi) is 5.26. The van der Waals surface area contributed by atoms with Gasteiger partial charge in [0.1, 0.15) is 5.75 Å². The molecule has 0 unspecified atom stereocenters. The number of rotatable bonds is 6. The zero-order chi connectivity index (χ0) is 19.6. The highest BCUT2D eigenvalue weighted by Crippen LogP contribution is 2.28. The van der Waals surface area contributed by atoms with Gasteiger partial charge in [-0.3, -0.25) is 4.79 Å². The fourth-order valence-corrected chi connectivity index (χ4v) is 3.15. The van der Waals surface area contributed by atoms with Crippen LogP contribution >= 0.6 is 0 Å². The van der Waals surface area contributed by atoms with Crippen LogP contribution in [0.15, 0.2) is 48.5 Å². The third-order valence-electron chi connectivity index (χ3n) is 4.61. The van der Waals surface area contributed by atoms with Crippen molar-refractivity contribution >= 4 is 5.91 Å². The van der Waals surface area contributed by atoms with Crippen molar-refractivity contribution < 1.29 is 18.3 Å². The van der Waals surface area contributed by atoms with E-state index in [4.69, 9.17) is 10.5 Å². The summed E-state index contributed by atoms with van der Waals surface area (Å²) in [5, 5.41) is 0. The molecular weight excluding hydrogens is 350 g/mol. The molecule has 3 aromatic rings. The smallest absolute Gasteiger partial charge is 0.250 e. The molecule has 1 aromatic heterocycles. The molecule has 0 bridgehead atoms. The summed E-state index contributed by atoms with van der Waals surface area (Å²) in [5.41, 5.74) is 8.67. The Morgan fingerprint density at radius 3 is 2.56 bits per heavy atom. The molecule has 2 N–H and O–H groups in total. The predicted octanol–water partition coefficient (Wildman–Crippen LogP) is 4.09. The molecule has 3 rings (SSSR count). The van der Waals surface area contributed by atoms with Crippen LogP contribution in [0.1, 0.15) is 21.6 Å². The molecule has 0 aliphatic carbocycles. The molecule has 140 valence electrons. The lowest BCUT2D eigenvalue weighted by molar-refractivity contribution is 0.0999. The van der Waals surface area contributed by atoms with Crippen molar-refractivity contribution in [3.05, 3.63) is 77.0 Å². The van der Waals surface area contributed by atoms with Gasteiger partial charge in [-0.1, -0.05) is 12.1 Å². The summed E-state index contributed by atoms with van der Waals surface area (Å²) >= 11 is 0. The van der Waals surface area contributed by atoms with E-state index in [-0.39, 0.29) is 0 Å². The Labute approximate surface area is 156 Å². The molecule has 0 aliphatic heterocycles. The Hall–Kier alpha value is -3.15. The van der Waals surface area contributed by atoms with Crippen LogP contribution in [0.25, 0.3) is 11.3 Å². The third kappa shape index (κ3) is 3.84. The number of hydrogen-bond acceptors (Lipinski definition) is 2. The molecule has 0 saturated carbocycles. The minimum absolute atomic E-state index is 0.361. The van der Waals surface area contributed by atoms with E-state index in [1.54, 1.807) is 20.1 Å². The average Bonchev–Trinajstić information content (AvgIpc) is 2.99. The van der Waals surface area contributed by atoms with E-state index >= 15 is 0 Å². The van der Waals surface area contributed by atoms with Gasteiger partial charge >= 0.3 is 0 Å². The first-order chi connectivity index (χ1) is 12.9. The van der Waals surface area contributed by atoms with Gasteiger partial charge in [-0.2, -0.15) is 0 Å². The predicted molar refractivity (Wildman–Crippen MR) is 99.7 cm³/mol. The summed E-state index contributed by atoms with van der Waals surface area (Å²) in [7, 11) is 1.61. The van der Waals surface area contributed by atoms with E-state index in [1.165, 1.54) is 6.07 Å². The van der Waals surface area contributed by atoms with Gasteiger partial charge in [-0.05, 0) is 55.3 Å². The second kappa shape index (κ2) is 7.61.